The number of ether oxygens (including phenoxy) is 1. The van der Waals surface area contributed by atoms with Gasteiger partial charge in [-0.1, -0.05) is 42.0 Å². The van der Waals surface area contributed by atoms with Crippen molar-refractivity contribution in [2.45, 2.75) is 58.0 Å². The van der Waals surface area contributed by atoms with Gasteiger partial charge in [0.25, 0.3) is 0 Å². The minimum atomic E-state index is -0.209. The Labute approximate surface area is 156 Å². The quantitative estimate of drug-likeness (QED) is 0.712. The molecule has 0 unspecified atom stereocenters. The molecule has 0 saturated carbocycles. The van der Waals surface area contributed by atoms with Crippen molar-refractivity contribution in [2.75, 3.05) is 0 Å². The predicted octanol–water partition coefficient (Wildman–Crippen LogP) is 5.79. The first-order chi connectivity index (χ1) is 12.4. The molecule has 2 aliphatic rings. The zero-order chi connectivity index (χ0) is 18.3. The summed E-state index contributed by atoms with van der Waals surface area (Å²) in [7, 11) is 0. The Morgan fingerprint density at radius 3 is 2.58 bits per heavy atom. The highest BCUT2D eigenvalue weighted by Crippen LogP contribution is 2.54. The van der Waals surface area contributed by atoms with Crippen molar-refractivity contribution in [1.29, 1.82) is 0 Å². The van der Waals surface area contributed by atoms with Gasteiger partial charge in [-0.15, -0.1) is 0 Å². The van der Waals surface area contributed by atoms with Gasteiger partial charge in [0.1, 0.15) is 17.1 Å². The number of phenols is 1. The van der Waals surface area contributed by atoms with Crippen LogP contribution in [-0.4, -0.2) is 10.7 Å². The largest absolute Gasteiger partial charge is 0.508 e. The number of aryl methyl sites for hydroxylation is 2. The lowest BCUT2D eigenvalue weighted by atomic mass is 9.67. The average Bonchev–Trinajstić information content (AvgIpc) is 2.59. The van der Waals surface area contributed by atoms with E-state index in [-0.39, 0.29) is 5.60 Å². The molecule has 2 aromatic rings. The van der Waals surface area contributed by atoms with E-state index >= 15 is 0 Å². The molecule has 0 saturated heterocycles. The molecule has 2 atom stereocenters. The number of benzene rings is 2. The van der Waals surface area contributed by atoms with Gasteiger partial charge in [-0.2, -0.15) is 0 Å². The summed E-state index contributed by atoms with van der Waals surface area (Å²) in [6.07, 6.45) is 6.25. The molecule has 0 amide bonds. The first-order valence-electron chi connectivity index (χ1n) is 9.68. The van der Waals surface area contributed by atoms with Crippen molar-refractivity contribution in [1.82, 2.24) is 0 Å². The molecule has 4 rings (SSSR count). The third-order valence-corrected chi connectivity index (χ3v) is 6.11. The Kier molecular flexibility index (Phi) is 4.30. The lowest BCUT2D eigenvalue weighted by molar-refractivity contribution is 0.00753. The maximum Gasteiger partial charge on any atom is 0.127 e. The molecular weight excluding hydrogens is 320 g/mol. The lowest BCUT2D eigenvalue weighted by Crippen LogP contribution is -2.45. The topological polar surface area (TPSA) is 29.5 Å². The fraction of sp³-hybridized carbons (Fsp3) is 0.417. The van der Waals surface area contributed by atoms with Crippen LogP contribution in [0, 0.1) is 5.92 Å². The van der Waals surface area contributed by atoms with E-state index in [0.717, 1.165) is 42.6 Å². The van der Waals surface area contributed by atoms with Crippen molar-refractivity contribution in [2.24, 2.45) is 5.92 Å². The van der Waals surface area contributed by atoms with Gasteiger partial charge in [0.15, 0.2) is 0 Å². The molecule has 0 fully saturated rings. The van der Waals surface area contributed by atoms with E-state index in [9.17, 15) is 5.11 Å². The van der Waals surface area contributed by atoms with Gasteiger partial charge in [0, 0.05) is 17.4 Å². The zero-order valence-corrected chi connectivity index (χ0v) is 16.0. The van der Waals surface area contributed by atoms with Crippen LogP contribution in [0.4, 0.5) is 0 Å². The van der Waals surface area contributed by atoms with E-state index in [0.29, 0.717) is 17.6 Å². The summed E-state index contributed by atoms with van der Waals surface area (Å²) >= 11 is 0. The normalized spacial score (nSPS) is 23.4. The van der Waals surface area contributed by atoms with Crippen LogP contribution in [0.5, 0.6) is 11.5 Å². The summed E-state index contributed by atoms with van der Waals surface area (Å²) in [6.45, 7) is 6.58. The van der Waals surface area contributed by atoms with Crippen molar-refractivity contribution in [3.05, 3.63) is 70.8 Å². The maximum atomic E-state index is 10.8. The third kappa shape index (κ3) is 3.13. The van der Waals surface area contributed by atoms with Crippen LogP contribution in [0.15, 0.2) is 54.1 Å². The molecule has 0 spiro atoms. The molecule has 2 nitrogen and oxygen atoms in total. The molecule has 26 heavy (non-hydrogen) atoms. The van der Waals surface area contributed by atoms with Gasteiger partial charge in [0.05, 0.1) is 0 Å². The van der Waals surface area contributed by atoms with Gasteiger partial charge in [0.2, 0.25) is 0 Å². The number of fused-ring (bicyclic) bond motifs is 3. The number of aromatic hydroxyl groups is 1. The first-order valence-corrected chi connectivity index (χ1v) is 9.68. The Balaban J connectivity index is 1.65. The molecule has 1 aliphatic heterocycles. The van der Waals surface area contributed by atoms with E-state index < -0.39 is 0 Å². The van der Waals surface area contributed by atoms with Crippen molar-refractivity contribution in [3.63, 3.8) is 0 Å². The molecule has 136 valence electrons. The smallest absolute Gasteiger partial charge is 0.127 e. The van der Waals surface area contributed by atoms with Gasteiger partial charge >= 0.3 is 0 Å². The molecule has 1 N–H and O–H groups in total. The summed E-state index contributed by atoms with van der Waals surface area (Å²) in [4.78, 5) is 0. The molecule has 1 aliphatic carbocycles. The van der Waals surface area contributed by atoms with Crippen LogP contribution < -0.4 is 4.74 Å². The molecular formula is C24H28O2. The number of phenolic OH excluding ortho intramolecular Hbond substituents is 1. The highest BCUT2D eigenvalue weighted by Gasteiger charge is 2.45. The molecule has 0 radical (unpaired) electrons. The molecule has 1 heterocycles. The Morgan fingerprint density at radius 1 is 1.08 bits per heavy atom. The molecule has 2 aromatic carbocycles. The van der Waals surface area contributed by atoms with E-state index in [1.807, 2.05) is 12.1 Å². The van der Waals surface area contributed by atoms with Crippen LogP contribution >= 0.6 is 0 Å². The number of hydrogen-bond acceptors (Lipinski definition) is 2. The van der Waals surface area contributed by atoms with Gasteiger partial charge in [-0.05, 0) is 69.7 Å². The second-order valence-corrected chi connectivity index (χ2v) is 8.42. The maximum absolute atomic E-state index is 10.8. The monoisotopic (exact) mass is 348 g/mol. The van der Waals surface area contributed by atoms with E-state index in [4.69, 9.17) is 4.74 Å². The minimum absolute atomic E-state index is 0.209. The van der Waals surface area contributed by atoms with Crippen molar-refractivity contribution in [3.8, 4) is 11.5 Å². The summed E-state index contributed by atoms with van der Waals surface area (Å²) in [5.41, 5.74) is 4.69. The summed E-state index contributed by atoms with van der Waals surface area (Å²) in [6, 6.07) is 14.6. The number of hydrogen-bond donors (Lipinski definition) is 1. The van der Waals surface area contributed by atoms with Crippen LogP contribution in [0.2, 0.25) is 0 Å². The second kappa shape index (κ2) is 6.50. The van der Waals surface area contributed by atoms with Crippen LogP contribution in [0.1, 0.15) is 56.2 Å². The van der Waals surface area contributed by atoms with Crippen molar-refractivity contribution >= 4 is 0 Å². The standard InChI is InChI=1S/C24H28O2/c1-16-9-12-20-19(13-16)23-21(25)14-18(15-22(23)26-24(20,2)3)11-10-17-7-5-4-6-8-17/h4-9,14-15,19-20,25H,10-13H2,1-3H3/t19-,20-/m1/s1. The molecule has 0 bridgehead atoms. The van der Waals surface area contributed by atoms with Gasteiger partial charge in [-0.25, -0.2) is 0 Å². The highest BCUT2D eigenvalue weighted by atomic mass is 16.5. The summed E-state index contributed by atoms with van der Waals surface area (Å²) < 4.78 is 6.41. The third-order valence-electron chi connectivity index (χ3n) is 6.11. The van der Waals surface area contributed by atoms with Crippen LogP contribution in [-0.2, 0) is 12.8 Å². The fourth-order valence-electron chi connectivity index (χ4n) is 4.70. The van der Waals surface area contributed by atoms with E-state index in [1.54, 1.807) is 0 Å². The number of allylic oxidation sites excluding steroid dienone is 2. The summed E-state index contributed by atoms with van der Waals surface area (Å²) in [5.74, 6) is 2.06. The minimum Gasteiger partial charge on any atom is -0.508 e. The van der Waals surface area contributed by atoms with Crippen LogP contribution in [0.25, 0.3) is 0 Å². The van der Waals surface area contributed by atoms with Gasteiger partial charge in [-0.3, -0.25) is 0 Å². The number of rotatable bonds is 3. The van der Waals surface area contributed by atoms with Crippen molar-refractivity contribution < 1.29 is 9.84 Å². The zero-order valence-electron chi connectivity index (χ0n) is 16.0. The predicted molar refractivity (Wildman–Crippen MR) is 106 cm³/mol. The van der Waals surface area contributed by atoms with E-state index in [1.165, 1.54) is 11.1 Å². The summed E-state index contributed by atoms with van der Waals surface area (Å²) in [5, 5.41) is 10.8. The first kappa shape index (κ1) is 17.2. The average molecular weight is 348 g/mol. The Bertz CT molecular complexity index is 833. The SMILES string of the molecule is CC1=CC[C@@H]2[C@@H](C1)c1c(O)cc(CCc3ccccc3)cc1OC2(C)C. The Hall–Kier alpha value is -2.22. The molecule has 0 aromatic heterocycles. The van der Waals surface area contributed by atoms with Crippen LogP contribution in [0.3, 0.4) is 0 Å². The lowest BCUT2D eigenvalue weighted by Gasteiger charge is -2.47. The molecule has 2 heteroatoms. The highest BCUT2D eigenvalue weighted by molar-refractivity contribution is 5.52. The van der Waals surface area contributed by atoms with E-state index in [2.05, 4.69) is 57.2 Å². The second-order valence-electron chi connectivity index (χ2n) is 8.42. The van der Waals surface area contributed by atoms with Gasteiger partial charge < -0.3 is 9.84 Å². The fourth-order valence-corrected chi connectivity index (χ4v) is 4.70. The Morgan fingerprint density at radius 2 is 1.81 bits per heavy atom.